The first-order valence-corrected chi connectivity index (χ1v) is 12.2. The normalized spacial score (nSPS) is 19.1. The van der Waals surface area contributed by atoms with Gasteiger partial charge < -0.3 is 14.1 Å². The van der Waals surface area contributed by atoms with Gasteiger partial charge in [-0.05, 0) is 48.4 Å². The van der Waals surface area contributed by atoms with E-state index in [1.807, 2.05) is 37.3 Å². The molecule has 0 bridgehead atoms. The van der Waals surface area contributed by atoms with Crippen molar-refractivity contribution >= 4 is 22.0 Å². The lowest BCUT2D eigenvalue weighted by Gasteiger charge is -2.36. The van der Waals surface area contributed by atoms with Crippen LogP contribution in [0.1, 0.15) is 29.9 Å². The molecule has 1 fully saturated rings. The molecule has 2 heterocycles. The van der Waals surface area contributed by atoms with Crippen molar-refractivity contribution in [3.63, 3.8) is 0 Å². The number of morpholine rings is 1. The summed E-state index contributed by atoms with van der Waals surface area (Å²) in [4.78, 5) is 14.7. The molecule has 0 saturated carbocycles. The summed E-state index contributed by atoms with van der Waals surface area (Å²) in [7, 11) is -3.66. The Morgan fingerprint density at radius 1 is 1.06 bits per heavy atom. The van der Waals surface area contributed by atoms with Crippen molar-refractivity contribution in [3.05, 3.63) is 96.0 Å². The van der Waals surface area contributed by atoms with Crippen LogP contribution in [0.25, 0.3) is 6.08 Å². The SMILES string of the molecule is CC1CN(C(=O)/C=C/c2ccc(S(=O)(=O)NCc3ccco3)cc2)CC(c2ccccc2)O1. The number of benzene rings is 2. The number of nitrogens with zero attached hydrogens (tertiary/aromatic N) is 1. The van der Waals surface area contributed by atoms with Crippen LogP contribution in [-0.2, 0) is 26.1 Å². The van der Waals surface area contributed by atoms with Gasteiger partial charge in [0.25, 0.3) is 0 Å². The number of furan rings is 1. The molecule has 3 aromatic rings. The molecule has 0 aliphatic carbocycles. The molecule has 0 radical (unpaired) electrons. The third kappa shape index (κ3) is 5.98. The molecular formula is C25H26N2O5S. The zero-order valence-corrected chi connectivity index (χ0v) is 19.1. The number of rotatable bonds is 7. The highest BCUT2D eigenvalue weighted by Crippen LogP contribution is 2.25. The van der Waals surface area contributed by atoms with Crippen molar-refractivity contribution in [2.45, 2.75) is 30.6 Å². The van der Waals surface area contributed by atoms with E-state index in [1.54, 1.807) is 35.2 Å². The first-order chi connectivity index (χ1) is 15.9. The molecule has 33 heavy (non-hydrogen) atoms. The van der Waals surface area contributed by atoms with Crippen molar-refractivity contribution in [1.29, 1.82) is 0 Å². The van der Waals surface area contributed by atoms with Gasteiger partial charge in [0, 0.05) is 12.6 Å². The van der Waals surface area contributed by atoms with Gasteiger partial charge in [-0.25, -0.2) is 13.1 Å². The number of sulfonamides is 1. The van der Waals surface area contributed by atoms with Gasteiger partial charge in [0.1, 0.15) is 11.9 Å². The number of amides is 1. The van der Waals surface area contributed by atoms with Crippen LogP contribution in [-0.4, -0.2) is 38.4 Å². The van der Waals surface area contributed by atoms with Crippen molar-refractivity contribution in [3.8, 4) is 0 Å². The van der Waals surface area contributed by atoms with Crippen LogP contribution in [0.2, 0.25) is 0 Å². The molecule has 1 amide bonds. The first kappa shape index (κ1) is 23.0. The smallest absolute Gasteiger partial charge is 0.246 e. The minimum absolute atomic E-state index is 0.0699. The second kappa shape index (κ2) is 10.2. The van der Waals surface area contributed by atoms with E-state index in [2.05, 4.69) is 4.72 Å². The van der Waals surface area contributed by atoms with Crippen molar-refractivity contribution in [2.75, 3.05) is 13.1 Å². The Balaban J connectivity index is 1.37. The topological polar surface area (TPSA) is 88.9 Å². The van der Waals surface area contributed by atoms with Gasteiger partial charge in [0.15, 0.2) is 0 Å². The van der Waals surface area contributed by atoms with E-state index in [1.165, 1.54) is 24.5 Å². The molecule has 4 rings (SSSR count). The zero-order valence-electron chi connectivity index (χ0n) is 18.3. The third-order valence-corrected chi connectivity index (χ3v) is 6.79. The average Bonchev–Trinajstić information content (AvgIpc) is 3.36. The summed E-state index contributed by atoms with van der Waals surface area (Å²) in [5, 5.41) is 0. The summed E-state index contributed by atoms with van der Waals surface area (Å²) < 4.78 is 38.6. The quantitative estimate of drug-likeness (QED) is 0.536. The standard InChI is InChI=1S/C25H26N2O5S/c1-19-17-27(18-24(32-19)21-6-3-2-4-7-21)25(28)14-11-20-9-12-23(13-10-20)33(29,30)26-16-22-8-5-15-31-22/h2-15,19,24,26H,16-18H2,1H3/b14-11+. The van der Waals surface area contributed by atoms with E-state index < -0.39 is 10.0 Å². The fourth-order valence-electron chi connectivity index (χ4n) is 3.68. The molecule has 1 aliphatic rings. The summed E-state index contributed by atoms with van der Waals surface area (Å²) in [5.74, 6) is 0.423. The Morgan fingerprint density at radius 3 is 2.52 bits per heavy atom. The largest absolute Gasteiger partial charge is 0.468 e. The van der Waals surface area contributed by atoms with E-state index >= 15 is 0 Å². The fourth-order valence-corrected chi connectivity index (χ4v) is 4.67. The van der Waals surface area contributed by atoms with Gasteiger partial charge in [0.2, 0.25) is 15.9 Å². The Labute approximate surface area is 193 Å². The van der Waals surface area contributed by atoms with E-state index in [-0.39, 0.29) is 29.6 Å². The lowest BCUT2D eigenvalue weighted by molar-refractivity contribution is -0.139. The van der Waals surface area contributed by atoms with E-state index in [9.17, 15) is 13.2 Å². The lowest BCUT2D eigenvalue weighted by Crippen LogP contribution is -2.45. The molecular weight excluding hydrogens is 440 g/mol. The predicted molar refractivity (Wildman–Crippen MR) is 125 cm³/mol. The van der Waals surface area contributed by atoms with Crippen LogP contribution in [0.3, 0.4) is 0 Å². The van der Waals surface area contributed by atoms with Crippen LogP contribution in [0.5, 0.6) is 0 Å². The van der Waals surface area contributed by atoms with Crippen LogP contribution in [0.4, 0.5) is 0 Å². The number of nitrogens with one attached hydrogen (secondary N) is 1. The second-order valence-corrected chi connectivity index (χ2v) is 9.66. The van der Waals surface area contributed by atoms with Gasteiger partial charge in [-0.1, -0.05) is 42.5 Å². The Kier molecular flexibility index (Phi) is 7.08. The zero-order chi connectivity index (χ0) is 23.3. The number of ether oxygens (including phenoxy) is 1. The predicted octanol–water partition coefficient (Wildman–Crippen LogP) is 3.76. The number of hydrogen-bond acceptors (Lipinski definition) is 5. The lowest BCUT2D eigenvalue weighted by atomic mass is 10.1. The molecule has 1 N–H and O–H groups in total. The van der Waals surface area contributed by atoms with Crippen LogP contribution < -0.4 is 4.72 Å². The monoisotopic (exact) mass is 466 g/mol. The average molecular weight is 467 g/mol. The van der Waals surface area contributed by atoms with Crippen molar-refractivity contribution in [2.24, 2.45) is 0 Å². The summed E-state index contributed by atoms with van der Waals surface area (Å²) >= 11 is 0. The van der Waals surface area contributed by atoms with Crippen LogP contribution >= 0.6 is 0 Å². The molecule has 2 aromatic carbocycles. The second-order valence-electron chi connectivity index (χ2n) is 7.90. The third-order valence-electron chi connectivity index (χ3n) is 5.37. The Hall–Kier alpha value is -3.20. The van der Waals surface area contributed by atoms with Gasteiger partial charge >= 0.3 is 0 Å². The summed E-state index contributed by atoms with van der Waals surface area (Å²) in [6, 6.07) is 19.6. The van der Waals surface area contributed by atoms with E-state index in [0.717, 1.165) is 11.1 Å². The Morgan fingerprint density at radius 2 is 1.82 bits per heavy atom. The maximum Gasteiger partial charge on any atom is 0.246 e. The summed E-state index contributed by atoms with van der Waals surface area (Å²) in [5.41, 5.74) is 1.78. The van der Waals surface area contributed by atoms with Gasteiger partial charge in [-0.3, -0.25) is 4.79 Å². The Bertz CT molecular complexity index is 1190. The van der Waals surface area contributed by atoms with Crippen molar-refractivity contribution < 1.29 is 22.4 Å². The van der Waals surface area contributed by atoms with E-state index in [0.29, 0.717) is 18.8 Å². The van der Waals surface area contributed by atoms with E-state index in [4.69, 9.17) is 9.15 Å². The molecule has 8 heteroatoms. The fraction of sp³-hybridized carbons (Fsp3) is 0.240. The van der Waals surface area contributed by atoms with Gasteiger partial charge in [0.05, 0.1) is 30.4 Å². The number of carbonyl (C=O) groups is 1. The maximum atomic E-state index is 12.8. The number of carbonyl (C=O) groups excluding carboxylic acids is 1. The number of hydrogen-bond donors (Lipinski definition) is 1. The molecule has 172 valence electrons. The molecule has 1 saturated heterocycles. The molecule has 2 atom stereocenters. The first-order valence-electron chi connectivity index (χ1n) is 10.7. The van der Waals surface area contributed by atoms with Crippen LogP contribution in [0, 0.1) is 0 Å². The summed E-state index contributed by atoms with van der Waals surface area (Å²) in [6.07, 6.45) is 4.46. The highest BCUT2D eigenvalue weighted by Gasteiger charge is 2.28. The van der Waals surface area contributed by atoms with Crippen molar-refractivity contribution in [1.82, 2.24) is 9.62 Å². The molecule has 2 unspecified atom stereocenters. The molecule has 1 aliphatic heterocycles. The van der Waals surface area contributed by atoms with Gasteiger partial charge in [-0.15, -0.1) is 0 Å². The molecule has 7 nitrogen and oxygen atoms in total. The molecule has 0 spiro atoms. The molecule has 1 aromatic heterocycles. The minimum atomic E-state index is -3.66. The highest BCUT2D eigenvalue weighted by molar-refractivity contribution is 7.89. The van der Waals surface area contributed by atoms with Crippen LogP contribution in [0.15, 0.2) is 88.4 Å². The minimum Gasteiger partial charge on any atom is -0.468 e. The summed E-state index contributed by atoms with van der Waals surface area (Å²) in [6.45, 7) is 3.03. The highest BCUT2D eigenvalue weighted by atomic mass is 32.2. The maximum absolute atomic E-state index is 12.8. The van der Waals surface area contributed by atoms with Gasteiger partial charge in [-0.2, -0.15) is 0 Å².